The number of likely N-dealkylation sites (N-methyl/N-ethyl adjacent to an activating group) is 2. The topological polar surface area (TPSA) is 90.0 Å². The van der Waals surface area contributed by atoms with E-state index in [2.05, 4.69) is 5.32 Å². The Hall–Kier alpha value is -1.79. The summed E-state index contributed by atoms with van der Waals surface area (Å²) in [5.41, 5.74) is 0. The number of nitrogens with one attached hydrogen (secondary N) is 1. The first-order valence-corrected chi connectivity index (χ1v) is 7.56. The van der Waals surface area contributed by atoms with Crippen LogP contribution in [0.15, 0.2) is 0 Å². The zero-order valence-corrected chi connectivity index (χ0v) is 12.8. The summed E-state index contributed by atoms with van der Waals surface area (Å²) in [6.07, 6.45) is 3.01. The number of hydrogen-bond donors (Lipinski definition) is 2. The van der Waals surface area contributed by atoms with Gasteiger partial charge in [-0.1, -0.05) is 12.8 Å². The number of amides is 3. The molecule has 1 unspecified atom stereocenters. The lowest BCUT2D eigenvalue weighted by Crippen LogP contribution is -2.52. The van der Waals surface area contributed by atoms with Crippen LogP contribution in [0.5, 0.6) is 0 Å². The summed E-state index contributed by atoms with van der Waals surface area (Å²) in [7, 11) is 0. The summed E-state index contributed by atoms with van der Waals surface area (Å²) in [6.45, 7) is 4.87. The molecule has 7 heteroatoms. The van der Waals surface area contributed by atoms with E-state index in [1.54, 1.807) is 6.92 Å². The molecule has 21 heavy (non-hydrogen) atoms. The monoisotopic (exact) mass is 299 g/mol. The molecule has 0 saturated carbocycles. The number of nitrogens with zero attached hydrogens (tertiary/aromatic N) is 2. The van der Waals surface area contributed by atoms with Crippen LogP contribution in [0, 0.1) is 0 Å². The minimum Gasteiger partial charge on any atom is -0.480 e. The first kappa shape index (κ1) is 17.3. The molecule has 0 bridgehead atoms. The predicted molar refractivity (Wildman–Crippen MR) is 77.9 cm³/mol. The van der Waals surface area contributed by atoms with Gasteiger partial charge >= 0.3 is 12.0 Å². The zero-order valence-electron chi connectivity index (χ0n) is 12.8. The van der Waals surface area contributed by atoms with E-state index in [4.69, 9.17) is 0 Å². The van der Waals surface area contributed by atoms with Gasteiger partial charge in [-0.2, -0.15) is 0 Å². The quantitative estimate of drug-likeness (QED) is 0.789. The van der Waals surface area contributed by atoms with Gasteiger partial charge < -0.3 is 20.2 Å². The fraction of sp³-hybridized carbons (Fsp3) is 0.786. The van der Waals surface area contributed by atoms with Crippen LogP contribution in [0.3, 0.4) is 0 Å². The van der Waals surface area contributed by atoms with E-state index in [0.29, 0.717) is 26.1 Å². The van der Waals surface area contributed by atoms with E-state index in [9.17, 15) is 19.5 Å². The molecule has 0 aliphatic carbocycles. The maximum absolute atomic E-state index is 12.5. The molecule has 2 N–H and O–H groups in total. The molecule has 0 aromatic heterocycles. The Labute approximate surface area is 125 Å². The van der Waals surface area contributed by atoms with Crippen LogP contribution in [-0.4, -0.2) is 65.0 Å². The third kappa shape index (κ3) is 4.91. The molecule has 0 spiro atoms. The number of likely N-dealkylation sites (tertiary alicyclic amines) is 1. The van der Waals surface area contributed by atoms with Crippen LogP contribution in [0.1, 0.15) is 39.5 Å². The van der Waals surface area contributed by atoms with Gasteiger partial charge in [-0.25, -0.2) is 9.59 Å². The predicted octanol–water partition coefficient (Wildman–Crippen LogP) is 0.894. The Morgan fingerprint density at radius 2 is 1.95 bits per heavy atom. The molecule has 7 nitrogen and oxygen atoms in total. The minimum absolute atomic E-state index is 0.0357. The number of carbonyl (C=O) groups is 3. The standard InChI is InChI=1S/C14H25N3O4/c1-3-15-12(18)10-16(4-2)14(21)17-9-7-5-6-8-11(17)13(19)20/h11H,3-10H2,1-2H3,(H,15,18)(H,19,20). The Kier molecular flexibility index (Phi) is 6.98. The minimum atomic E-state index is -0.973. The van der Waals surface area contributed by atoms with Crippen molar-refractivity contribution in [1.29, 1.82) is 0 Å². The van der Waals surface area contributed by atoms with E-state index in [0.717, 1.165) is 19.3 Å². The van der Waals surface area contributed by atoms with Crippen LogP contribution in [0.4, 0.5) is 4.79 Å². The van der Waals surface area contributed by atoms with Crippen molar-refractivity contribution in [2.75, 3.05) is 26.2 Å². The lowest BCUT2D eigenvalue weighted by molar-refractivity contribution is -0.142. The van der Waals surface area contributed by atoms with Gasteiger partial charge in [0.1, 0.15) is 12.6 Å². The largest absolute Gasteiger partial charge is 0.480 e. The SMILES string of the molecule is CCNC(=O)CN(CC)C(=O)N1CCCCCC1C(=O)O. The molecular formula is C14H25N3O4. The molecule has 1 aliphatic rings. The second kappa shape index (κ2) is 8.49. The second-order valence-electron chi connectivity index (χ2n) is 5.15. The third-order valence-corrected chi connectivity index (χ3v) is 3.64. The van der Waals surface area contributed by atoms with Crippen molar-refractivity contribution in [1.82, 2.24) is 15.1 Å². The number of rotatable bonds is 5. The number of hydrogen-bond acceptors (Lipinski definition) is 3. The Balaban J connectivity index is 2.79. The van der Waals surface area contributed by atoms with Gasteiger partial charge in [-0.3, -0.25) is 4.79 Å². The van der Waals surface area contributed by atoms with Crippen LogP contribution >= 0.6 is 0 Å². The lowest BCUT2D eigenvalue weighted by Gasteiger charge is -2.32. The van der Waals surface area contributed by atoms with Gasteiger partial charge in [0.05, 0.1) is 0 Å². The molecule has 1 rings (SSSR count). The Morgan fingerprint density at radius 1 is 1.24 bits per heavy atom. The van der Waals surface area contributed by atoms with Crippen LogP contribution in [0.2, 0.25) is 0 Å². The van der Waals surface area contributed by atoms with Crippen molar-refractivity contribution >= 4 is 17.9 Å². The molecule has 0 aromatic rings. The van der Waals surface area contributed by atoms with E-state index in [1.807, 2.05) is 6.92 Å². The van der Waals surface area contributed by atoms with Crippen molar-refractivity contribution < 1.29 is 19.5 Å². The van der Waals surface area contributed by atoms with Gasteiger partial charge in [-0.15, -0.1) is 0 Å². The average Bonchev–Trinajstić information content (AvgIpc) is 2.70. The number of carbonyl (C=O) groups excluding carboxylic acids is 2. The summed E-state index contributed by atoms with van der Waals surface area (Å²) in [5.74, 6) is -1.20. The average molecular weight is 299 g/mol. The highest BCUT2D eigenvalue weighted by Crippen LogP contribution is 2.18. The van der Waals surface area contributed by atoms with Crippen molar-refractivity contribution in [3.63, 3.8) is 0 Å². The van der Waals surface area contributed by atoms with Crippen LogP contribution in [0.25, 0.3) is 0 Å². The van der Waals surface area contributed by atoms with Crippen molar-refractivity contribution in [2.24, 2.45) is 0 Å². The maximum Gasteiger partial charge on any atom is 0.326 e. The number of carboxylic acid groups (broad SMARTS) is 1. The molecule has 120 valence electrons. The highest BCUT2D eigenvalue weighted by molar-refractivity contribution is 5.86. The number of carboxylic acids is 1. The fourth-order valence-electron chi connectivity index (χ4n) is 2.52. The Bertz CT molecular complexity index is 386. The molecule has 3 amide bonds. The van der Waals surface area contributed by atoms with Gasteiger partial charge in [0.25, 0.3) is 0 Å². The molecule has 1 atom stereocenters. The fourth-order valence-corrected chi connectivity index (χ4v) is 2.52. The van der Waals surface area contributed by atoms with Gasteiger partial charge in [0.2, 0.25) is 5.91 Å². The summed E-state index contributed by atoms with van der Waals surface area (Å²) in [6, 6.07) is -1.15. The molecule has 0 aromatic carbocycles. The highest BCUT2D eigenvalue weighted by Gasteiger charge is 2.33. The second-order valence-corrected chi connectivity index (χ2v) is 5.15. The number of aliphatic carboxylic acids is 1. The maximum atomic E-state index is 12.5. The number of urea groups is 1. The highest BCUT2D eigenvalue weighted by atomic mass is 16.4. The first-order valence-electron chi connectivity index (χ1n) is 7.56. The smallest absolute Gasteiger partial charge is 0.326 e. The van der Waals surface area contributed by atoms with Crippen LogP contribution < -0.4 is 5.32 Å². The third-order valence-electron chi connectivity index (χ3n) is 3.64. The van der Waals surface area contributed by atoms with E-state index < -0.39 is 12.0 Å². The molecule has 1 aliphatic heterocycles. The normalized spacial score (nSPS) is 18.8. The van der Waals surface area contributed by atoms with Crippen molar-refractivity contribution in [3.05, 3.63) is 0 Å². The van der Waals surface area contributed by atoms with Crippen molar-refractivity contribution in [3.8, 4) is 0 Å². The summed E-state index contributed by atoms with van der Waals surface area (Å²) >= 11 is 0. The van der Waals surface area contributed by atoms with Gasteiger partial charge in [0, 0.05) is 19.6 Å². The Morgan fingerprint density at radius 3 is 2.52 bits per heavy atom. The van der Waals surface area contributed by atoms with Gasteiger partial charge in [0.15, 0.2) is 0 Å². The van der Waals surface area contributed by atoms with E-state index in [1.165, 1.54) is 9.80 Å². The molecular weight excluding hydrogens is 274 g/mol. The van der Waals surface area contributed by atoms with E-state index >= 15 is 0 Å². The lowest BCUT2D eigenvalue weighted by atomic mass is 10.1. The molecule has 1 heterocycles. The molecule has 0 radical (unpaired) electrons. The molecule has 1 saturated heterocycles. The zero-order chi connectivity index (χ0) is 15.8. The summed E-state index contributed by atoms with van der Waals surface area (Å²) in [4.78, 5) is 38.4. The van der Waals surface area contributed by atoms with Crippen molar-refractivity contribution in [2.45, 2.75) is 45.6 Å². The summed E-state index contributed by atoms with van der Waals surface area (Å²) in [5, 5.41) is 12.0. The van der Waals surface area contributed by atoms with E-state index in [-0.39, 0.29) is 18.5 Å². The van der Waals surface area contributed by atoms with Crippen LogP contribution in [-0.2, 0) is 9.59 Å². The van der Waals surface area contributed by atoms with Gasteiger partial charge in [-0.05, 0) is 26.7 Å². The summed E-state index contributed by atoms with van der Waals surface area (Å²) < 4.78 is 0. The first-order chi connectivity index (χ1) is 10.0. The molecule has 1 fully saturated rings.